The van der Waals surface area contributed by atoms with E-state index in [-0.39, 0.29) is 25.0 Å². The van der Waals surface area contributed by atoms with Crippen molar-refractivity contribution in [3.05, 3.63) is 0 Å². The number of nitrogens with zero attached hydrogens (tertiary/aromatic N) is 1. The maximum Gasteiger partial charge on any atom is 0.508 e. The lowest BCUT2D eigenvalue weighted by atomic mass is 10.0. The van der Waals surface area contributed by atoms with E-state index >= 15 is 0 Å². The molecular formula is C45H88N2O7. The van der Waals surface area contributed by atoms with Crippen LogP contribution in [0.2, 0.25) is 0 Å². The summed E-state index contributed by atoms with van der Waals surface area (Å²) in [5.74, 6) is -0.194. The Morgan fingerprint density at radius 1 is 0.519 bits per heavy atom. The molecule has 1 heterocycles. The number of nitrogens with one attached hydrogen (secondary N) is 1. The summed E-state index contributed by atoms with van der Waals surface area (Å²) in [6.45, 7) is 13.9. The number of piperazine rings is 1. The van der Waals surface area contributed by atoms with Crippen molar-refractivity contribution in [1.29, 1.82) is 0 Å². The molecule has 1 saturated heterocycles. The number of hydrogen-bond donors (Lipinski definition) is 1. The third-order valence-corrected chi connectivity index (χ3v) is 10.6. The zero-order valence-electron chi connectivity index (χ0n) is 35.8. The number of ether oxygens (including phenoxy) is 5. The van der Waals surface area contributed by atoms with Crippen molar-refractivity contribution < 1.29 is 33.3 Å². The average Bonchev–Trinajstić information content (AvgIpc) is 3.18. The minimum absolute atomic E-state index is 0.194. The van der Waals surface area contributed by atoms with E-state index in [1.165, 1.54) is 116 Å². The molecule has 9 nitrogen and oxygen atoms in total. The van der Waals surface area contributed by atoms with Gasteiger partial charge in [-0.1, -0.05) is 143 Å². The molecule has 1 N–H and O–H groups in total. The molecule has 0 aromatic rings. The molecule has 320 valence electrons. The molecule has 0 bridgehead atoms. The number of unbranched alkanes of at least 4 members (excludes halogenated alkanes) is 20. The summed E-state index contributed by atoms with van der Waals surface area (Å²) in [6, 6.07) is 0. The van der Waals surface area contributed by atoms with E-state index in [4.69, 9.17) is 23.7 Å². The summed E-state index contributed by atoms with van der Waals surface area (Å²) >= 11 is 0. The standard InChI is InChI=1S/C45H88N2O7/c1-4-7-10-13-16-17-18-19-20-23-29-42(54-45(49)53-40-28-35-47-36-33-46-34-37-47)32-41-50-43(48)30-24-25-31-44(51-38-26-21-14-11-8-5-2)52-39-27-22-15-12-9-6-3/h42,44,46H,4-41H2,1-3H3. The van der Waals surface area contributed by atoms with E-state index in [1.54, 1.807) is 0 Å². The molecule has 0 radical (unpaired) electrons. The van der Waals surface area contributed by atoms with Gasteiger partial charge in [0, 0.05) is 58.8 Å². The van der Waals surface area contributed by atoms with Crippen molar-refractivity contribution in [3.63, 3.8) is 0 Å². The summed E-state index contributed by atoms with van der Waals surface area (Å²) in [6.07, 6.45) is 31.2. The zero-order valence-corrected chi connectivity index (χ0v) is 35.8. The minimum atomic E-state index is -0.606. The first-order valence-corrected chi connectivity index (χ1v) is 23.2. The Labute approximate surface area is 333 Å². The third-order valence-electron chi connectivity index (χ3n) is 10.6. The largest absolute Gasteiger partial charge is 0.508 e. The maximum absolute atomic E-state index is 12.7. The third kappa shape index (κ3) is 33.9. The SMILES string of the molecule is CCCCCCCCCCCCC(CCOC(=O)CCCCC(OCCCCCCCC)OCCCCCCCC)OC(=O)OCCCN1CCNCC1. The topological polar surface area (TPSA) is 95.6 Å². The summed E-state index contributed by atoms with van der Waals surface area (Å²) in [4.78, 5) is 27.6. The van der Waals surface area contributed by atoms with Gasteiger partial charge >= 0.3 is 12.1 Å². The van der Waals surface area contributed by atoms with Gasteiger partial charge in [0.25, 0.3) is 0 Å². The minimum Gasteiger partial charge on any atom is -0.466 e. The highest BCUT2D eigenvalue weighted by Gasteiger charge is 2.18. The Balaban J connectivity index is 2.39. The first kappa shape index (κ1) is 50.6. The zero-order chi connectivity index (χ0) is 39.0. The molecule has 0 saturated carbocycles. The summed E-state index contributed by atoms with van der Waals surface area (Å²) < 4.78 is 29.2. The Hall–Kier alpha value is -1.42. The second-order valence-electron chi connectivity index (χ2n) is 15.7. The summed E-state index contributed by atoms with van der Waals surface area (Å²) in [7, 11) is 0. The Morgan fingerprint density at radius 2 is 1.02 bits per heavy atom. The second kappa shape index (κ2) is 39.8. The van der Waals surface area contributed by atoms with E-state index in [9.17, 15) is 9.59 Å². The lowest BCUT2D eigenvalue weighted by Gasteiger charge is -2.26. The molecule has 0 spiro atoms. The van der Waals surface area contributed by atoms with Crippen molar-refractivity contribution in [2.45, 2.75) is 219 Å². The number of carbonyl (C=O) groups excluding carboxylic acids is 2. The van der Waals surface area contributed by atoms with Gasteiger partial charge in [-0.3, -0.25) is 4.79 Å². The average molecular weight is 769 g/mol. The lowest BCUT2D eigenvalue weighted by Crippen LogP contribution is -2.43. The fourth-order valence-corrected chi connectivity index (χ4v) is 7.04. The van der Waals surface area contributed by atoms with Crippen LogP contribution in [0, 0.1) is 0 Å². The van der Waals surface area contributed by atoms with Crippen LogP contribution in [0.15, 0.2) is 0 Å². The normalized spacial score (nSPS) is 14.1. The summed E-state index contributed by atoms with van der Waals surface area (Å²) in [5.41, 5.74) is 0. The predicted molar refractivity (Wildman–Crippen MR) is 223 cm³/mol. The van der Waals surface area contributed by atoms with Crippen LogP contribution in [0.25, 0.3) is 0 Å². The predicted octanol–water partition coefficient (Wildman–Crippen LogP) is 11.7. The van der Waals surface area contributed by atoms with Gasteiger partial charge in [-0.25, -0.2) is 4.79 Å². The number of carbonyl (C=O) groups is 2. The quantitative estimate of drug-likeness (QED) is 0.0371. The Kier molecular flexibility index (Phi) is 37.3. The van der Waals surface area contributed by atoms with Crippen LogP contribution in [-0.4, -0.2) is 88.6 Å². The van der Waals surface area contributed by atoms with Gasteiger partial charge in [0.05, 0.1) is 13.2 Å². The van der Waals surface area contributed by atoms with Gasteiger partial charge < -0.3 is 33.9 Å². The fraction of sp³-hybridized carbons (Fsp3) is 0.956. The molecule has 0 aliphatic carbocycles. The van der Waals surface area contributed by atoms with Crippen LogP contribution in [0.4, 0.5) is 4.79 Å². The highest BCUT2D eigenvalue weighted by molar-refractivity contribution is 5.69. The van der Waals surface area contributed by atoms with Gasteiger partial charge in [0.15, 0.2) is 6.29 Å². The van der Waals surface area contributed by atoms with Gasteiger partial charge in [0.2, 0.25) is 0 Å². The van der Waals surface area contributed by atoms with Crippen LogP contribution < -0.4 is 5.32 Å². The molecule has 1 aliphatic heterocycles. The smallest absolute Gasteiger partial charge is 0.466 e. The van der Waals surface area contributed by atoms with Crippen LogP contribution in [0.1, 0.15) is 207 Å². The second-order valence-corrected chi connectivity index (χ2v) is 15.7. The van der Waals surface area contributed by atoms with Crippen molar-refractivity contribution in [2.24, 2.45) is 0 Å². The van der Waals surface area contributed by atoms with Crippen molar-refractivity contribution in [3.8, 4) is 0 Å². The molecular weight excluding hydrogens is 681 g/mol. The molecule has 1 rings (SSSR count). The van der Waals surface area contributed by atoms with Crippen molar-refractivity contribution in [1.82, 2.24) is 10.2 Å². The van der Waals surface area contributed by atoms with Crippen LogP contribution in [0.3, 0.4) is 0 Å². The molecule has 0 amide bonds. The van der Waals surface area contributed by atoms with Gasteiger partial charge in [-0.05, 0) is 51.4 Å². The van der Waals surface area contributed by atoms with Crippen molar-refractivity contribution in [2.75, 3.05) is 59.2 Å². The molecule has 0 aromatic heterocycles. The fourth-order valence-electron chi connectivity index (χ4n) is 7.04. The van der Waals surface area contributed by atoms with E-state index in [0.29, 0.717) is 19.4 Å². The molecule has 0 aromatic carbocycles. The molecule has 54 heavy (non-hydrogen) atoms. The van der Waals surface area contributed by atoms with E-state index in [1.807, 2.05) is 0 Å². The van der Waals surface area contributed by atoms with E-state index in [2.05, 4.69) is 31.0 Å². The Morgan fingerprint density at radius 3 is 1.57 bits per heavy atom. The van der Waals surface area contributed by atoms with Gasteiger partial charge in [0.1, 0.15) is 6.10 Å². The molecule has 1 fully saturated rings. The lowest BCUT2D eigenvalue weighted by molar-refractivity contribution is -0.150. The van der Waals surface area contributed by atoms with E-state index in [0.717, 1.165) is 104 Å². The van der Waals surface area contributed by atoms with Gasteiger partial charge in [-0.2, -0.15) is 0 Å². The highest BCUT2D eigenvalue weighted by Crippen LogP contribution is 2.17. The Bertz CT molecular complexity index is 793. The maximum atomic E-state index is 12.7. The molecule has 1 unspecified atom stereocenters. The molecule has 1 aliphatic rings. The van der Waals surface area contributed by atoms with E-state index < -0.39 is 6.16 Å². The van der Waals surface area contributed by atoms with Crippen molar-refractivity contribution >= 4 is 12.1 Å². The van der Waals surface area contributed by atoms with Gasteiger partial charge in [-0.15, -0.1) is 0 Å². The molecule has 9 heteroatoms. The van der Waals surface area contributed by atoms with Crippen LogP contribution in [-0.2, 0) is 28.5 Å². The number of rotatable bonds is 40. The highest BCUT2D eigenvalue weighted by atomic mass is 16.7. The molecule has 1 atom stereocenters. The van der Waals surface area contributed by atoms with Crippen LogP contribution >= 0.6 is 0 Å². The van der Waals surface area contributed by atoms with Crippen LogP contribution in [0.5, 0.6) is 0 Å². The first-order valence-electron chi connectivity index (χ1n) is 23.2. The number of hydrogen-bond acceptors (Lipinski definition) is 9. The number of esters is 1. The first-order chi connectivity index (χ1) is 26.6. The monoisotopic (exact) mass is 769 g/mol. The summed E-state index contributed by atoms with van der Waals surface area (Å²) in [5, 5.41) is 3.36.